The zero-order valence-corrected chi connectivity index (χ0v) is 11.1. The standard InChI is InChI=1S/C13H17ClN2O2/c1-9(15)12-8-16(6-7-18-12)13(17)10-2-4-11(14)5-3-10/h2-5,9,12H,6-8,15H2,1H3. The van der Waals surface area contributed by atoms with Gasteiger partial charge < -0.3 is 15.4 Å². The molecule has 2 atom stereocenters. The Hall–Kier alpha value is -1.10. The van der Waals surface area contributed by atoms with Crippen LogP contribution >= 0.6 is 11.6 Å². The van der Waals surface area contributed by atoms with Crippen molar-refractivity contribution in [2.75, 3.05) is 19.7 Å². The molecule has 1 aromatic rings. The minimum Gasteiger partial charge on any atom is -0.373 e. The summed E-state index contributed by atoms with van der Waals surface area (Å²) in [5.41, 5.74) is 6.45. The summed E-state index contributed by atoms with van der Waals surface area (Å²) < 4.78 is 5.53. The summed E-state index contributed by atoms with van der Waals surface area (Å²) in [5, 5.41) is 0.627. The maximum atomic E-state index is 12.3. The zero-order chi connectivity index (χ0) is 13.1. The van der Waals surface area contributed by atoms with E-state index in [9.17, 15) is 4.79 Å². The maximum Gasteiger partial charge on any atom is 0.254 e. The van der Waals surface area contributed by atoms with Gasteiger partial charge in [0.25, 0.3) is 5.91 Å². The van der Waals surface area contributed by atoms with E-state index in [1.54, 1.807) is 29.2 Å². The molecule has 0 aromatic heterocycles. The number of carbonyl (C=O) groups is 1. The fraction of sp³-hybridized carbons (Fsp3) is 0.462. The molecule has 1 heterocycles. The summed E-state index contributed by atoms with van der Waals surface area (Å²) in [7, 11) is 0. The molecule has 1 saturated heterocycles. The van der Waals surface area contributed by atoms with Crippen LogP contribution in [0.4, 0.5) is 0 Å². The third kappa shape index (κ3) is 3.02. The summed E-state index contributed by atoms with van der Waals surface area (Å²) in [4.78, 5) is 14.0. The minimum absolute atomic E-state index is 0.000571. The lowest BCUT2D eigenvalue weighted by atomic mass is 10.1. The van der Waals surface area contributed by atoms with Crippen molar-refractivity contribution in [2.45, 2.75) is 19.1 Å². The number of carbonyl (C=O) groups excluding carboxylic acids is 1. The Bertz CT molecular complexity index is 420. The third-order valence-electron chi connectivity index (χ3n) is 3.06. The molecule has 1 aliphatic heterocycles. The molecule has 2 unspecified atom stereocenters. The number of halogens is 1. The van der Waals surface area contributed by atoms with Gasteiger partial charge in [0.2, 0.25) is 0 Å². The molecule has 1 aromatic carbocycles. The summed E-state index contributed by atoms with van der Waals surface area (Å²) in [6.45, 7) is 3.57. The number of amides is 1. The van der Waals surface area contributed by atoms with Crippen molar-refractivity contribution in [1.29, 1.82) is 0 Å². The molecular weight excluding hydrogens is 252 g/mol. The summed E-state index contributed by atoms with van der Waals surface area (Å²) >= 11 is 5.81. The second-order valence-electron chi connectivity index (χ2n) is 4.53. The molecular formula is C13H17ClN2O2. The zero-order valence-electron chi connectivity index (χ0n) is 10.3. The largest absolute Gasteiger partial charge is 0.373 e. The van der Waals surface area contributed by atoms with E-state index in [0.717, 1.165) is 0 Å². The number of benzene rings is 1. The topological polar surface area (TPSA) is 55.6 Å². The highest BCUT2D eigenvalue weighted by Gasteiger charge is 2.26. The molecule has 4 nitrogen and oxygen atoms in total. The fourth-order valence-corrected chi connectivity index (χ4v) is 2.08. The van der Waals surface area contributed by atoms with Crippen molar-refractivity contribution in [1.82, 2.24) is 4.90 Å². The Kier molecular flexibility index (Phi) is 4.22. The second-order valence-corrected chi connectivity index (χ2v) is 4.96. The summed E-state index contributed by atoms with van der Waals surface area (Å²) in [6, 6.07) is 6.84. The Labute approximate surface area is 112 Å². The molecule has 0 bridgehead atoms. The van der Waals surface area contributed by atoms with E-state index in [-0.39, 0.29) is 18.1 Å². The molecule has 0 spiro atoms. The van der Waals surface area contributed by atoms with Gasteiger partial charge >= 0.3 is 0 Å². The number of ether oxygens (including phenoxy) is 1. The maximum absolute atomic E-state index is 12.3. The van der Waals surface area contributed by atoms with E-state index in [1.165, 1.54) is 0 Å². The predicted octanol–water partition coefficient (Wildman–Crippen LogP) is 1.53. The summed E-state index contributed by atoms with van der Waals surface area (Å²) in [6.07, 6.45) is -0.0880. The van der Waals surface area contributed by atoms with Crippen LogP contribution in [0.15, 0.2) is 24.3 Å². The average molecular weight is 269 g/mol. The van der Waals surface area contributed by atoms with Gasteiger partial charge in [0.1, 0.15) is 0 Å². The Morgan fingerprint density at radius 1 is 1.50 bits per heavy atom. The van der Waals surface area contributed by atoms with Crippen LogP contribution in [0.1, 0.15) is 17.3 Å². The number of rotatable bonds is 2. The van der Waals surface area contributed by atoms with Crippen LogP contribution in [0.5, 0.6) is 0 Å². The van der Waals surface area contributed by atoms with Crippen molar-refractivity contribution in [2.24, 2.45) is 5.73 Å². The molecule has 2 N–H and O–H groups in total. The van der Waals surface area contributed by atoms with Gasteiger partial charge in [0, 0.05) is 29.7 Å². The molecule has 0 radical (unpaired) electrons. The number of hydrogen-bond donors (Lipinski definition) is 1. The quantitative estimate of drug-likeness (QED) is 0.885. The number of nitrogens with two attached hydrogens (primary N) is 1. The van der Waals surface area contributed by atoms with E-state index in [1.807, 2.05) is 6.92 Å². The normalized spacial score (nSPS) is 21.7. The first kappa shape index (κ1) is 13.3. The Balaban J connectivity index is 2.06. The van der Waals surface area contributed by atoms with Crippen LogP contribution in [0.25, 0.3) is 0 Å². The van der Waals surface area contributed by atoms with Crippen molar-refractivity contribution < 1.29 is 9.53 Å². The smallest absolute Gasteiger partial charge is 0.254 e. The predicted molar refractivity (Wildman–Crippen MR) is 70.7 cm³/mol. The van der Waals surface area contributed by atoms with Crippen LogP contribution in [0.2, 0.25) is 5.02 Å². The molecule has 1 aliphatic rings. The fourth-order valence-electron chi connectivity index (χ4n) is 1.95. The van der Waals surface area contributed by atoms with Gasteiger partial charge in [-0.15, -0.1) is 0 Å². The highest BCUT2D eigenvalue weighted by molar-refractivity contribution is 6.30. The van der Waals surface area contributed by atoms with Gasteiger partial charge in [-0.05, 0) is 31.2 Å². The number of nitrogens with zero attached hydrogens (tertiary/aromatic N) is 1. The molecule has 98 valence electrons. The van der Waals surface area contributed by atoms with Gasteiger partial charge in [0.05, 0.1) is 12.7 Å². The van der Waals surface area contributed by atoms with Crippen molar-refractivity contribution in [3.8, 4) is 0 Å². The lowest BCUT2D eigenvalue weighted by molar-refractivity contribution is -0.0300. The molecule has 5 heteroatoms. The van der Waals surface area contributed by atoms with Crippen LogP contribution in [0, 0.1) is 0 Å². The molecule has 1 amide bonds. The molecule has 0 saturated carbocycles. The van der Waals surface area contributed by atoms with E-state index in [0.29, 0.717) is 30.3 Å². The Morgan fingerprint density at radius 3 is 2.78 bits per heavy atom. The van der Waals surface area contributed by atoms with Crippen molar-refractivity contribution >= 4 is 17.5 Å². The van der Waals surface area contributed by atoms with Crippen LogP contribution < -0.4 is 5.73 Å². The second kappa shape index (κ2) is 5.69. The van der Waals surface area contributed by atoms with Gasteiger partial charge in [-0.2, -0.15) is 0 Å². The van der Waals surface area contributed by atoms with Crippen molar-refractivity contribution in [3.05, 3.63) is 34.9 Å². The molecule has 18 heavy (non-hydrogen) atoms. The van der Waals surface area contributed by atoms with Gasteiger partial charge in [-0.1, -0.05) is 11.6 Å². The van der Waals surface area contributed by atoms with Crippen molar-refractivity contribution in [3.63, 3.8) is 0 Å². The van der Waals surface area contributed by atoms with E-state index in [2.05, 4.69) is 0 Å². The summed E-state index contributed by atoms with van der Waals surface area (Å²) in [5.74, 6) is 0.000571. The third-order valence-corrected chi connectivity index (χ3v) is 3.31. The van der Waals surface area contributed by atoms with Gasteiger partial charge in [-0.3, -0.25) is 4.79 Å². The lowest BCUT2D eigenvalue weighted by Gasteiger charge is -2.34. The molecule has 2 rings (SSSR count). The monoisotopic (exact) mass is 268 g/mol. The van der Waals surface area contributed by atoms with E-state index < -0.39 is 0 Å². The van der Waals surface area contributed by atoms with Gasteiger partial charge in [-0.25, -0.2) is 0 Å². The first-order chi connectivity index (χ1) is 8.58. The minimum atomic E-state index is -0.0880. The lowest BCUT2D eigenvalue weighted by Crippen LogP contribution is -2.51. The molecule has 1 fully saturated rings. The number of hydrogen-bond acceptors (Lipinski definition) is 3. The van der Waals surface area contributed by atoms with Crippen LogP contribution in [0.3, 0.4) is 0 Å². The van der Waals surface area contributed by atoms with E-state index in [4.69, 9.17) is 22.1 Å². The Morgan fingerprint density at radius 2 is 2.17 bits per heavy atom. The van der Waals surface area contributed by atoms with Crippen LogP contribution in [-0.4, -0.2) is 42.6 Å². The number of morpholine rings is 1. The highest BCUT2D eigenvalue weighted by atomic mass is 35.5. The molecule has 0 aliphatic carbocycles. The first-order valence-corrected chi connectivity index (χ1v) is 6.38. The van der Waals surface area contributed by atoms with Gasteiger partial charge in [0.15, 0.2) is 0 Å². The average Bonchev–Trinajstić information content (AvgIpc) is 2.39. The first-order valence-electron chi connectivity index (χ1n) is 6.00. The van der Waals surface area contributed by atoms with Crippen LogP contribution in [-0.2, 0) is 4.74 Å². The SMILES string of the molecule is CC(N)C1CN(C(=O)c2ccc(Cl)cc2)CCO1. The highest BCUT2D eigenvalue weighted by Crippen LogP contribution is 2.14. The van der Waals surface area contributed by atoms with E-state index >= 15 is 0 Å².